The molecular formula is C14H18Br2N4. The number of nitrogens with two attached hydrogens (primary N) is 1. The van der Waals surface area contributed by atoms with Gasteiger partial charge in [-0.25, -0.2) is 4.98 Å². The highest BCUT2D eigenvalue weighted by Crippen LogP contribution is 2.28. The van der Waals surface area contributed by atoms with Gasteiger partial charge in [0.05, 0.1) is 6.04 Å². The van der Waals surface area contributed by atoms with Crippen LogP contribution in [-0.4, -0.2) is 9.55 Å². The highest BCUT2D eigenvalue weighted by Gasteiger charge is 2.16. The van der Waals surface area contributed by atoms with Gasteiger partial charge in [-0.3, -0.25) is 11.3 Å². The van der Waals surface area contributed by atoms with Gasteiger partial charge in [0.25, 0.3) is 0 Å². The van der Waals surface area contributed by atoms with Crippen LogP contribution in [0.4, 0.5) is 0 Å². The van der Waals surface area contributed by atoms with E-state index in [0.29, 0.717) is 0 Å². The zero-order chi connectivity index (χ0) is 14.5. The van der Waals surface area contributed by atoms with Crippen LogP contribution in [0.1, 0.15) is 30.8 Å². The average molecular weight is 402 g/mol. The molecule has 0 fully saturated rings. The van der Waals surface area contributed by atoms with Crippen molar-refractivity contribution in [3.8, 4) is 0 Å². The molecule has 0 amide bonds. The number of hydrogen-bond donors (Lipinski definition) is 2. The molecule has 20 heavy (non-hydrogen) atoms. The lowest BCUT2D eigenvalue weighted by Gasteiger charge is -2.18. The SMILES string of the molecule is CCCn1ccnc1CC(NN)c1ccc(Br)cc1Br. The van der Waals surface area contributed by atoms with Crippen LogP contribution in [0.5, 0.6) is 0 Å². The molecule has 0 saturated heterocycles. The second-order valence-corrected chi connectivity index (χ2v) is 6.40. The van der Waals surface area contributed by atoms with Crippen LogP contribution in [0.3, 0.4) is 0 Å². The van der Waals surface area contributed by atoms with Gasteiger partial charge in [0.1, 0.15) is 5.82 Å². The number of hydrazine groups is 1. The molecule has 1 heterocycles. The van der Waals surface area contributed by atoms with E-state index in [0.717, 1.165) is 39.7 Å². The molecule has 2 rings (SSSR count). The number of halogens is 2. The highest BCUT2D eigenvalue weighted by atomic mass is 79.9. The molecule has 3 N–H and O–H groups in total. The molecule has 4 nitrogen and oxygen atoms in total. The van der Waals surface area contributed by atoms with Gasteiger partial charge in [0, 0.05) is 34.3 Å². The van der Waals surface area contributed by atoms with E-state index in [2.05, 4.69) is 59.8 Å². The molecule has 2 aromatic rings. The van der Waals surface area contributed by atoms with Crippen LogP contribution >= 0.6 is 31.9 Å². The summed E-state index contributed by atoms with van der Waals surface area (Å²) in [6, 6.07) is 6.13. The summed E-state index contributed by atoms with van der Waals surface area (Å²) in [4.78, 5) is 4.44. The predicted octanol–water partition coefficient (Wildman–Crippen LogP) is 3.57. The molecular weight excluding hydrogens is 384 g/mol. The Balaban J connectivity index is 2.22. The first-order valence-electron chi connectivity index (χ1n) is 6.56. The number of rotatable bonds is 6. The Labute approximate surface area is 136 Å². The Bertz CT molecular complexity index is 568. The lowest BCUT2D eigenvalue weighted by atomic mass is 10.0. The molecule has 1 aromatic heterocycles. The monoisotopic (exact) mass is 400 g/mol. The van der Waals surface area contributed by atoms with Gasteiger partial charge in [-0.15, -0.1) is 0 Å². The molecule has 1 aromatic carbocycles. The van der Waals surface area contributed by atoms with Crippen molar-refractivity contribution in [3.63, 3.8) is 0 Å². The number of nitrogens with one attached hydrogen (secondary N) is 1. The minimum absolute atomic E-state index is 0.0236. The molecule has 0 aliphatic carbocycles. The molecule has 0 saturated carbocycles. The quantitative estimate of drug-likeness (QED) is 0.574. The van der Waals surface area contributed by atoms with Crippen LogP contribution in [-0.2, 0) is 13.0 Å². The summed E-state index contributed by atoms with van der Waals surface area (Å²) >= 11 is 7.05. The largest absolute Gasteiger partial charge is 0.335 e. The van der Waals surface area contributed by atoms with E-state index in [4.69, 9.17) is 5.84 Å². The summed E-state index contributed by atoms with van der Waals surface area (Å²) in [7, 11) is 0. The summed E-state index contributed by atoms with van der Waals surface area (Å²) in [5, 5.41) is 0. The van der Waals surface area contributed by atoms with Gasteiger partial charge in [-0.2, -0.15) is 0 Å². The van der Waals surface area contributed by atoms with Crippen molar-refractivity contribution in [2.24, 2.45) is 5.84 Å². The van der Waals surface area contributed by atoms with E-state index in [1.54, 1.807) is 0 Å². The first-order chi connectivity index (χ1) is 9.65. The maximum Gasteiger partial charge on any atom is 0.110 e. The minimum Gasteiger partial charge on any atom is -0.335 e. The number of aromatic nitrogens is 2. The Morgan fingerprint density at radius 3 is 2.85 bits per heavy atom. The average Bonchev–Trinajstić information content (AvgIpc) is 2.84. The number of hydrogen-bond acceptors (Lipinski definition) is 3. The van der Waals surface area contributed by atoms with Crippen LogP contribution in [0.15, 0.2) is 39.5 Å². The third-order valence-corrected chi connectivity index (χ3v) is 4.37. The number of nitrogens with zero attached hydrogens (tertiary/aromatic N) is 2. The number of aryl methyl sites for hydroxylation is 1. The van der Waals surface area contributed by atoms with Crippen molar-refractivity contribution in [1.82, 2.24) is 15.0 Å². The van der Waals surface area contributed by atoms with E-state index in [1.807, 2.05) is 24.5 Å². The van der Waals surface area contributed by atoms with Crippen molar-refractivity contribution < 1.29 is 0 Å². The fraction of sp³-hybridized carbons (Fsp3) is 0.357. The van der Waals surface area contributed by atoms with Gasteiger partial charge in [-0.05, 0) is 24.1 Å². The summed E-state index contributed by atoms with van der Waals surface area (Å²) in [5.74, 6) is 6.78. The van der Waals surface area contributed by atoms with Crippen molar-refractivity contribution in [1.29, 1.82) is 0 Å². The predicted molar refractivity (Wildman–Crippen MR) is 88.1 cm³/mol. The van der Waals surface area contributed by atoms with E-state index in [-0.39, 0.29) is 6.04 Å². The molecule has 108 valence electrons. The van der Waals surface area contributed by atoms with Gasteiger partial charge in [-0.1, -0.05) is 44.8 Å². The van der Waals surface area contributed by atoms with Crippen LogP contribution in [0.25, 0.3) is 0 Å². The van der Waals surface area contributed by atoms with E-state index < -0.39 is 0 Å². The third kappa shape index (κ3) is 3.69. The molecule has 0 aliphatic rings. The summed E-state index contributed by atoms with van der Waals surface area (Å²) < 4.78 is 4.25. The topological polar surface area (TPSA) is 55.9 Å². The van der Waals surface area contributed by atoms with Crippen molar-refractivity contribution >= 4 is 31.9 Å². The van der Waals surface area contributed by atoms with E-state index >= 15 is 0 Å². The van der Waals surface area contributed by atoms with Crippen molar-refractivity contribution in [3.05, 3.63) is 50.9 Å². The molecule has 1 atom stereocenters. The fourth-order valence-electron chi connectivity index (χ4n) is 2.20. The van der Waals surface area contributed by atoms with E-state index in [9.17, 15) is 0 Å². The van der Waals surface area contributed by atoms with Crippen molar-refractivity contribution in [2.75, 3.05) is 0 Å². The Kier molecular flexibility index (Phi) is 5.77. The molecule has 0 radical (unpaired) electrons. The van der Waals surface area contributed by atoms with Crippen molar-refractivity contribution in [2.45, 2.75) is 32.4 Å². The zero-order valence-electron chi connectivity index (χ0n) is 11.3. The molecule has 6 heteroatoms. The van der Waals surface area contributed by atoms with Gasteiger partial charge < -0.3 is 4.57 Å². The first kappa shape index (κ1) is 15.7. The normalized spacial score (nSPS) is 12.6. The molecule has 0 aliphatic heterocycles. The maximum absolute atomic E-state index is 5.73. The van der Waals surface area contributed by atoms with Gasteiger partial charge >= 0.3 is 0 Å². The summed E-state index contributed by atoms with van der Waals surface area (Å²) in [5.41, 5.74) is 4.01. The number of imidazole rings is 1. The molecule has 1 unspecified atom stereocenters. The Morgan fingerprint density at radius 1 is 1.40 bits per heavy atom. The minimum atomic E-state index is 0.0236. The number of benzene rings is 1. The van der Waals surface area contributed by atoms with Gasteiger partial charge in [0.15, 0.2) is 0 Å². The van der Waals surface area contributed by atoms with Gasteiger partial charge in [0.2, 0.25) is 0 Å². The third-order valence-electron chi connectivity index (χ3n) is 3.19. The second kappa shape index (κ2) is 7.36. The Hall–Kier alpha value is -0.690. The first-order valence-corrected chi connectivity index (χ1v) is 8.15. The fourth-order valence-corrected chi connectivity index (χ4v) is 3.52. The smallest absolute Gasteiger partial charge is 0.110 e. The standard InChI is InChI=1S/C14H18Br2N4/c1-2-6-20-7-5-18-14(20)9-13(19-17)11-4-3-10(15)8-12(11)16/h3-5,7-8,13,19H,2,6,9,17H2,1H3. The summed E-state index contributed by atoms with van der Waals surface area (Å²) in [6.07, 6.45) is 5.70. The lowest BCUT2D eigenvalue weighted by Crippen LogP contribution is -2.30. The second-order valence-electron chi connectivity index (χ2n) is 4.63. The van der Waals surface area contributed by atoms with Crippen LogP contribution in [0, 0.1) is 0 Å². The van der Waals surface area contributed by atoms with E-state index in [1.165, 1.54) is 0 Å². The Morgan fingerprint density at radius 2 is 2.20 bits per heavy atom. The zero-order valence-corrected chi connectivity index (χ0v) is 14.5. The molecule has 0 bridgehead atoms. The summed E-state index contributed by atoms with van der Waals surface area (Å²) in [6.45, 7) is 3.14. The van der Waals surface area contributed by atoms with Crippen LogP contribution < -0.4 is 11.3 Å². The lowest BCUT2D eigenvalue weighted by molar-refractivity contribution is 0.515. The maximum atomic E-state index is 5.73. The molecule has 0 spiro atoms. The van der Waals surface area contributed by atoms with Crippen LogP contribution in [0.2, 0.25) is 0 Å². The highest BCUT2D eigenvalue weighted by molar-refractivity contribution is 9.11.